The van der Waals surface area contributed by atoms with Crippen molar-refractivity contribution in [3.8, 4) is 0 Å². The van der Waals surface area contributed by atoms with Gasteiger partial charge in [-0.25, -0.2) is 0 Å². The monoisotopic (exact) mass is 633 g/mol. The molecule has 5 nitrogen and oxygen atoms in total. The number of halogens is 3. The van der Waals surface area contributed by atoms with Gasteiger partial charge in [-0.2, -0.15) is 13.2 Å². The van der Waals surface area contributed by atoms with E-state index in [4.69, 9.17) is 4.74 Å². The molecule has 7 atom stereocenters. The van der Waals surface area contributed by atoms with Crippen molar-refractivity contribution in [2.75, 3.05) is 19.6 Å². The fourth-order valence-corrected chi connectivity index (χ4v) is 10.3. The van der Waals surface area contributed by atoms with Crippen LogP contribution in [0.2, 0.25) is 0 Å². The van der Waals surface area contributed by atoms with Crippen LogP contribution in [0.25, 0.3) is 5.76 Å². The topological polar surface area (TPSA) is 58.6 Å². The Balaban J connectivity index is 1.26. The molecule has 4 fully saturated rings. The number of benzene rings is 2. The van der Waals surface area contributed by atoms with Gasteiger partial charge in [0.1, 0.15) is 5.76 Å². The van der Waals surface area contributed by atoms with Gasteiger partial charge >= 0.3 is 6.18 Å². The Morgan fingerprint density at radius 1 is 1.09 bits per heavy atom. The van der Waals surface area contributed by atoms with E-state index in [1.165, 1.54) is 35.4 Å². The summed E-state index contributed by atoms with van der Waals surface area (Å²) in [7, 11) is 0. The highest BCUT2D eigenvalue weighted by molar-refractivity contribution is 6.01. The van der Waals surface area contributed by atoms with E-state index in [2.05, 4.69) is 55.6 Å². The molecule has 2 saturated heterocycles. The van der Waals surface area contributed by atoms with Gasteiger partial charge in [-0.15, -0.1) is 0 Å². The van der Waals surface area contributed by atoms with E-state index >= 15 is 0 Å². The van der Waals surface area contributed by atoms with Crippen LogP contribution in [-0.4, -0.2) is 59.2 Å². The minimum atomic E-state index is -5.07. The van der Waals surface area contributed by atoms with Gasteiger partial charge in [-0.05, 0) is 24.5 Å². The molecule has 1 amide bonds. The van der Waals surface area contributed by atoms with E-state index in [1.54, 1.807) is 12.1 Å². The molecule has 244 valence electrons. The van der Waals surface area contributed by atoms with E-state index in [1.807, 2.05) is 6.08 Å². The van der Waals surface area contributed by atoms with Gasteiger partial charge in [0.15, 0.2) is 11.3 Å². The molecular formula is C38H44F3N2O3+. The number of quaternary nitrogens is 1. The van der Waals surface area contributed by atoms with Crippen LogP contribution in [0, 0.1) is 23.2 Å². The van der Waals surface area contributed by atoms with E-state index in [0.29, 0.717) is 17.9 Å². The zero-order chi connectivity index (χ0) is 32.3. The fourth-order valence-electron chi connectivity index (χ4n) is 10.3. The zero-order valence-electron chi connectivity index (χ0n) is 26.6. The number of aliphatic hydroxyl groups is 1. The quantitative estimate of drug-likeness (QED) is 0.180. The average Bonchev–Trinajstić information content (AvgIpc) is 3.31. The van der Waals surface area contributed by atoms with Crippen molar-refractivity contribution in [2.45, 2.75) is 76.4 Å². The highest BCUT2D eigenvalue weighted by Crippen LogP contribution is 2.70. The summed E-state index contributed by atoms with van der Waals surface area (Å²) in [4.78, 5) is 13.8. The number of allylic oxidation sites excluding steroid dienone is 2. The van der Waals surface area contributed by atoms with E-state index in [0.717, 1.165) is 62.6 Å². The SMILES string of the molecule is CC(C)C[N+]1(CCc2ccccc2)CC[C@]23C4C5=CC=CC4(NC(=O)C(=C(O)c4ccccc4)C(F)(F)F)O[C@H]2CCC[C@H]3[C@H]1C5. The number of hydrogen-bond acceptors (Lipinski definition) is 3. The highest BCUT2D eigenvalue weighted by atomic mass is 19.4. The molecule has 7 rings (SSSR count). The summed E-state index contributed by atoms with van der Waals surface area (Å²) in [6.07, 6.45) is 6.15. The Bertz CT molecular complexity index is 1570. The van der Waals surface area contributed by atoms with Crippen LogP contribution in [0.15, 0.2) is 90.0 Å². The third-order valence-electron chi connectivity index (χ3n) is 11.7. The number of alkyl halides is 3. The summed E-state index contributed by atoms with van der Waals surface area (Å²) in [6, 6.07) is 18.5. The number of carbonyl (C=O) groups is 1. The Morgan fingerprint density at radius 2 is 1.80 bits per heavy atom. The van der Waals surface area contributed by atoms with Gasteiger partial charge in [0.25, 0.3) is 5.91 Å². The van der Waals surface area contributed by atoms with Crippen molar-refractivity contribution < 1.29 is 32.3 Å². The molecule has 2 bridgehead atoms. The van der Waals surface area contributed by atoms with Crippen molar-refractivity contribution in [1.29, 1.82) is 0 Å². The summed E-state index contributed by atoms with van der Waals surface area (Å²) in [5.74, 6) is -1.83. The first-order valence-corrected chi connectivity index (χ1v) is 16.8. The molecule has 1 spiro atoms. The molecule has 2 N–H and O–H groups in total. The number of aliphatic hydroxyl groups excluding tert-OH is 1. The summed E-state index contributed by atoms with van der Waals surface area (Å²) in [5.41, 5.74) is -0.816. The molecule has 2 aromatic carbocycles. The number of nitrogens with zero attached hydrogens (tertiary/aromatic N) is 1. The maximum atomic E-state index is 14.5. The lowest BCUT2D eigenvalue weighted by Crippen LogP contribution is -2.73. The largest absolute Gasteiger partial charge is 0.506 e. The Hall–Kier alpha value is -3.36. The van der Waals surface area contributed by atoms with E-state index in [-0.39, 0.29) is 23.0 Å². The molecule has 2 aliphatic heterocycles. The number of ether oxygens (including phenoxy) is 1. The number of likely N-dealkylation sites (tertiary alicyclic amines) is 1. The second-order valence-corrected chi connectivity index (χ2v) is 14.6. The van der Waals surface area contributed by atoms with Crippen LogP contribution < -0.4 is 5.32 Å². The van der Waals surface area contributed by atoms with Crippen LogP contribution in [-0.2, 0) is 16.0 Å². The average molecular weight is 634 g/mol. The number of piperidine rings is 1. The number of hydrogen-bond donors (Lipinski definition) is 2. The van der Waals surface area contributed by atoms with Crippen LogP contribution in [0.5, 0.6) is 0 Å². The predicted octanol–water partition coefficient (Wildman–Crippen LogP) is 7.52. The number of nitrogens with one attached hydrogen (secondary N) is 1. The van der Waals surface area contributed by atoms with Crippen LogP contribution >= 0.6 is 0 Å². The molecular weight excluding hydrogens is 589 g/mol. The number of rotatable bonds is 8. The summed E-state index contributed by atoms with van der Waals surface area (Å²) < 4.78 is 51.4. The van der Waals surface area contributed by atoms with Gasteiger partial charge in [-0.1, -0.05) is 98.7 Å². The molecule has 2 heterocycles. The van der Waals surface area contributed by atoms with Crippen molar-refractivity contribution in [1.82, 2.24) is 5.32 Å². The smallest absolute Gasteiger partial charge is 0.425 e. The summed E-state index contributed by atoms with van der Waals surface area (Å²) >= 11 is 0. The Morgan fingerprint density at radius 3 is 2.50 bits per heavy atom. The maximum Gasteiger partial charge on any atom is 0.425 e. The first-order chi connectivity index (χ1) is 22.0. The number of amides is 1. The van der Waals surface area contributed by atoms with Crippen molar-refractivity contribution >= 4 is 11.7 Å². The fraction of sp³-hybridized carbons (Fsp3) is 0.500. The molecule has 8 heteroatoms. The molecule has 0 aromatic heterocycles. The van der Waals surface area contributed by atoms with E-state index in [9.17, 15) is 23.1 Å². The predicted molar refractivity (Wildman–Crippen MR) is 171 cm³/mol. The lowest BCUT2D eigenvalue weighted by atomic mass is 9.46. The Kier molecular flexibility index (Phi) is 7.75. The van der Waals surface area contributed by atoms with Crippen molar-refractivity contribution in [3.63, 3.8) is 0 Å². The molecule has 2 saturated carbocycles. The minimum absolute atomic E-state index is 0.0653. The molecule has 5 aliphatic rings. The van der Waals surface area contributed by atoms with Crippen molar-refractivity contribution in [2.24, 2.45) is 23.2 Å². The van der Waals surface area contributed by atoms with Crippen LogP contribution in [0.4, 0.5) is 13.2 Å². The highest BCUT2D eigenvalue weighted by Gasteiger charge is 2.75. The van der Waals surface area contributed by atoms with Gasteiger partial charge < -0.3 is 19.6 Å². The molecule has 3 unspecified atom stereocenters. The third kappa shape index (κ3) is 4.94. The van der Waals surface area contributed by atoms with Gasteiger partial charge in [-0.3, -0.25) is 4.79 Å². The van der Waals surface area contributed by atoms with E-state index < -0.39 is 29.1 Å². The zero-order valence-corrected chi connectivity index (χ0v) is 26.6. The molecule has 2 aromatic rings. The lowest BCUT2D eigenvalue weighted by Gasteiger charge is -2.65. The first-order valence-electron chi connectivity index (χ1n) is 16.8. The maximum absolute atomic E-state index is 14.5. The first kappa shape index (κ1) is 31.3. The Labute approximate surface area is 269 Å². The lowest BCUT2D eigenvalue weighted by molar-refractivity contribution is -0.966. The third-order valence-corrected chi connectivity index (χ3v) is 11.7. The normalized spacial score (nSPS) is 34.9. The number of carbonyl (C=O) groups excluding carboxylic acids is 1. The standard InChI is InChI=1S/C38H43F3N2O3/c1-25(2)24-43(21-18-26-11-5-3-6-12-26)22-20-36-29-16-9-17-31(36)46-37(19-10-15-28(34(36)37)23-30(29)43)42-35(45)32(38(39,40)41)33(44)27-13-7-4-8-14-27/h3-8,10-15,19,25,29-31,34H,9,16-18,20-24H2,1-2H3,(H-,42,44,45)/p+1/t29-,30+,31-,34?,36+,37?,43?/m0/s1. The van der Waals surface area contributed by atoms with Crippen LogP contribution in [0.1, 0.15) is 57.1 Å². The molecule has 46 heavy (non-hydrogen) atoms. The molecule has 3 aliphatic carbocycles. The van der Waals surface area contributed by atoms with Gasteiger partial charge in [0.05, 0.1) is 31.8 Å². The second-order valence-electron chi connectivity index (χ2n) is 14.6. The second kappa shape index (κ2) is 11.4. The van der Waals surface area contributed by atoms with Crippen molar-refractivity contribution in [3.05, 3.63) is 101 Å². The molecule has 0 radical (unpaired) electrons. The van der Waals surface area contributed by atoms with Gasteiger partial charge in [0, 0.05) is 48.0 Å². The van der Waals surface area contributed by atoms with Crippen LogP contribution in [0.3, 0.4) is 0 Å². The summed E-state index contributed by atoms with van der Waals surface area (Å²) in [5, 5.41) is 13.6. The van der Waals surface area contributed by atoms with Gasteiger partial charge in [0.2, 0.25) is 0 Å². The minimum Gasteiger partial charge on any atom is -0.506 e. The summed E-state index contributed by atoms with van der Waals surface area (Å²) in [6.45, 7) is 7.75.